The summed E-state index contributed by atoms with van der Waals surface area (Å²) in [5.74, 6) is 1.72. The van der Waals surface area contributed by atoms with Crippen molar-refractivity contribution in [2.24, 2.45) is 11.8 Å². The number of amides is 2. The maximum absolute atomic E-state index is 12.7. The largest absolute Gasteiger partial charge is 0.338 e. The molecule has 6 heteroatoms. The third-order valence-corrected chi connectivity index (χ3v) is 7.23. The predicted octanol–water partition coefficient (Wildman–Crippen LogP) is 3.91. The highest BCUT2D eigenvalue weighted by molar-refractivity contribution is 7.11. The third kappa shape index (κ3) is 3.53. The molecule has 2 amide bonds. The molecule has 2 aromatic rings. The molecule has 1 fully saturated rings. The van der Waals surface area contributed by atoms with Crippen molar-refractivity contribution in [1.82, 2.24) is 9.88 Å². The van der Waals surface area contributed by atoms with Crippen LogP contribution in [0.1, 0.15) is 34.4 Å². The van der Waals surface area contributed by atoms with Crippen molar-refractivity contribution < 1.29 is 9.59 Å². The van der Waals surface area contributed by atoms with Crippen molar-refractivity contribution in [2.45, 2.75) is 26.2 Å². The van der Waals surface area contributed by atoms with Crippen LogP contribution in [0.25, 0.3) is 11.6 Å². The van der Waals surface area contributed by atoms with E-state index in [1.165, 1.54) is 16.0 Å². The highest BCUT2D eigenvalue weighted by atomic mass is 32.1. The van der Waals surface area contributed by atoms with Crippen LogP contribution in [0.2, 0.25) is 0 Å². The van der Waals surface area contributed by atoms with Gasteiger partial charge in [-0.15, -0.1) is 11.3 Å². The average molecular weight is 406 g/mol. The average Bonchev–Trinajstić information content (AvgIpc) is 3.40. The molecule has 2 atom stereocenters. The normalized spacial score (nSPS) is 23.1. The zero-order valence-electron chi connectivity index (χ0n) is 16.4. The molecule has 29 heavy (non-hydrogen) atoms. The summed E-state index contributed by atoms with van der Waals surface area (Å²) in [7, 11) is 0. The summed E-state index contributed by atoms with van der Waals surface area (Å²) in [6.45, 7) is 3.80. The maximum Gasteiger partial charge on any atom is 0.246 e. The summed E-state index contributed by atoms with van der Waals surface area (Å²) in [6, 6.07) is 4.18. The first kappa shape index (κ1) is 18.3. The van der Waals surface area contributed by atoms with Crippen LogP contribution in [0.4, 0.5) is 5.82 Å². The minimum atomic E-state index is 0.00879. The van der Waals surface area contributed by atoms with E-state index in [1.54, 1.807) is 12.3 Å². The molecule has 2 aliphatic heterocycles. The Balaban J connectivity index is 1.23. The van der Waals surface area contributed by atoms with Gasteiger partial charge in [-0.2, -0.15) is 0 Å². The van der Waals surface area contributed by atoms with E-state index in [4.69, 9.17) is 0 Å². The van der Waals surface area contributed by atoms with Crippen LogP contribution in [-0.4, -0.2) is 34.8 Å². The Morgan fingerprint density at radius 1 is 1.34 bits per heavy atom. The van der Waals surface area contributed by atoms with Gasteiger partial charge in [-0.05, 0) is 77.5 Å². The zero-order chi connectivity index (χ0) is 20.0. The number of carbonyl (C=O) groups is 2. The van der Waals surface area contributed by atoms with E-state index >= 15 is 0 Å². The first-order chi connectivity index (χ1) is 14.1. The number of nitrogens with one attached hydrogen (secondary N) is 1. The number of carbonyl (C=O) groups excluding carboxylic acids is 2. The topological polar surface area (TPSA) is 62.3 Å². The molecule has 2 unspecified atom stereocenters. The van der Waals surface area contributed by atoms with Crippen molar-refractivity contribution in [1.29, 1.82) is 0 Å². The number of fused-ring (bicyclic) bond motifs is 2. The lowest BCUT2D eigenvalue weighted by molar-refractivity contribution is -0.125. The van der Waals surface area contributed by atoms with Crippen LogP contribution in [-0.2, 0) is 16.0 Å². The van der Waals surface area contributed by atoms with Gasteiger partial charge in [0.2, 0.25) is 11.8 Å². The van der Waals surface area contributed by atoms with Crippen molar-refractivity contribution >= 4 is 40.6 Å². The molecule has 3 aliphatic rings. The second-order valence-corrected chi connectivity index (χ2v) is 9.07. The number of allylic oxidation sites excluding steroid dienone is 1. The number of aromatic nitrogens is 1. The summed E-state index contributed by atoms with van der Waals surface area (Å²) in [5, 5.41) is 4.94. The highest BCUT2D eigenvalue weighted by Gasteiger charge is 2.38. The SMILES string of the molecule is Cc1ccsc1C1=CC2CN(C(=O)/C=C/c3cnc4c(c3)CCC(=O)N4)CC2C1. The Hall–Kier alpha value is -2.73. The molecule has 5 rings (SSSR count). The van der Waals surface area contributed by atoms with Gasteiger partial charge in [0.05, 0.1) is 0 Å². The fourth-order valence-electron chi connectivity index (χ4n) is 4.60. The summed E-state index contributed by atoms with van der Waals surface area (Å²) < 4.78 is 0. The van der Waals surface area contributed by atoms with E-state index in [1.807, 2.05) is 28.4 Å². The van der Waals surface area contributed by atoms with Crippen molar-refractivity contribution in [3.05, 3.63) is 57.4 Å². The van der Waals surface area contributed by atoms with E-state index < -0.39 is 0 Å². The predicted molar refractivity (Wildman–Crippen MR) is 115 cm³/mol. The van der Waals surface area contributed by atoms with E-state index in [9.17, 15) is 9.59 Å². The molecule has 1 aliphatic carbocycles. The summed E-state index contributed by atoms with van der Waals surface area (Å²) in [5.41, 5.74) is 4.73. The fourth-order valence-corrected chi connectivity index (χ4v) is 5.56. The smallest absolute Gasteiger partial charge is 0.246 e. The molecular weight excluding hydrogens is 382 g/mol. The van der Waals surface area contributed by atoms with Crippen LogP contribution < -0.4 is 5.32 Å². The molecule has 0 bridgehead atoms. The van der Waals surface area contributed by atoms with Crippen LogP contribution >= 0.6 is 11.3 Å². The van der Waals surface area contributed by atoms with Gasteiger partial charge in [-0.25, -0.2) is 4.98 Å². The van der Waals surface area contributed by atoms with Crippen LogP contribution in [0.3, 0.4) is 0 Å². The number of anilines is 1. The number of pyridine rings is 1. The Bertz CT molecular complexity index is 1050. The van der Waals surface area contributed by atoms with E-state index in [-0.39, 0.29) is 11.8 Å². The van der Waals surface area contributed by atoms with Gasteiger partial charge in [0.1, 0.15) is 5.82 Å². The third-order valence-electron chi connectivity index (χ3n) is 6.14. The molecule has 0 radical (unpaired) electrons. The Morgan fingerprint density at radius 2 is 2.24 bits per heavy atom. The number of rotatable bonds is 3. The van der Waals surface area contributed by atoms with Gasteiger partial charge in [0, 0.05) is 36.7 Å². The number of hydrogen-bond acceptors (Lipinski definition) is 4. The van der Waals surface area contributed by atoms with Crippen LogP contribution in [0.15, 0.2) is 35.9 Å². The monoisotopic (exact) mass is 405 g/mol. The lowest BCUT2D eigenvalue weighted by atomic mass is 9.99. The number of thiophene rings is 1. The Kier molecular flexibility index (Phi) is 4.59. The molecule has 4 heterocycles. The molecule has 2 aromatic heterocycles. The first-order valence-corrected chi connectivity index (χ1v) is 11.0. The highest BCUT2D eigenvalue weighted by Crippen LogP contribution is 2.43. The molecular formula is C23H23N3O2S. The molecule has 148 valence electrons. The molecule has 0 aromatic carbocycles. The molecule has 1 N–H and O–H groups in total. The van der Waals surface area contributed by atoms with E-state index in [0.717, 1.165) is 30.6 Å². The summed E-state index contributed by atoms with van der Waals surface area (Å²) in [4.78, 5) is 31.8. The van der Waals surface area contributed by atoms with Gasteiger partial charge in [0.25, 0.3) is 0 Å². The number of aryl methyl sites for hydroxylation is 2. The van der Waals surface area contributed by atoms with Crippen LogP contribution in [0, 0.1) is 18.8 Å². The zero-order valence-corrected chi connectivity index (χ0v) is 17.2. The van der Waals surface area contributed by atoms with E-state index in [0.29, 0.717) is 30.5 Å². The number of hydrogen-bond donors (Lipinski definition) is 1. The second kappa shape index (κ2) is 7.26. The molecule has 0 spiro atoms. The van der Waals surface area contributed by atoms with E-state index in [2.05, 4.69) is 34.7 Å². The fraction of sp³-hybridized carbons (Fsp3) is 0.348. The van der Waals surface area contributed by atoms with Gasteiger partial charge in [0.15, 0.2) is 0 Å². The molecule has 5 nitrogen and oxygen atoms in total. The Morgan fingerprint density at radius 3 is 3.03 bits per heavy atom. The first-order valence-electron chi connectivity index (χ1n) is 10.1. The summed E-state index contributed by atoms with van der Waals surface area (Å²) >= 11 is 1.82. The van der Waals surface area contributed by atoms with Gasteiger partial charge in [-0.3, -0.25) is 9.59 Å². The van der Waals surface area contributed by atoms with Crippen LogP contribution in [0.5, 0.6) is 0 Å². The second-order valence-electron chi connectivity index (χ2n) is 8.15. The quantitative estimate of drug-likeness (QED) is 0.788. The molecule has 1 saturated heterocycles. The Labute approximate surface area is 174 Å². The minimum Gasteiger partial charge on any atom is -0.338 e. The lowest BCUT2D eigenvalue weighted by Gasteiger charge is -2.16. The van der Waals surface area contributed by atoms with Crippen molar-refractivity contribution in [2.75, 3.05) is 18.4 Å². The van der Waals surface area contributed by atoms with Gasteiger partial charge in [-0.1, -0.05) is 6.08 Å². The van der Waals surface area contributed by atoms with Gasteiger partial charge < -0.3 is 10.2 Å². The molecule has 0 saturated carbocycles. The number of likely N-dealkylation sites (tertiary alicyclic amines) is 1. The minimum absolute atomic E-state index is 0.00879. The van der Waals surface area contributed by atoms with Crippen molar-refractivity contribution in [3.63, 3.8) is 0 Å². The lowest BCUT2D eigenvalue weighted by Crippen LogP contribution is -2.27. The maximum atomic E-state index is 12.7. The standard InChI is InChI=1S/C23H23N3O2S/c1-14-6-7-29-22(14)17-9-18-12-26(13-19(18)10-17)21(28)5-2-15-8-16-3-4-20(27)25-23(16)24-11-15/h2,5-9,11,18-19H,3-4,10,12-13H2,1H3,(H,24,25,27)/b5-2+. The van der Waals surface area contributed by atoms with Crippen molar-refractivity contribution in [3.8, 4) is 0 Å². The summed E-state index contributed by atoms with van der Waals surface area (Å²) in [6.07, 6.45) is 9.82. The van der Waals surface area contributed by atoms with Gasteiger partial charge >= 0.3 is 0 Å². The number of nitrogens with zero attached hydrogens (tertiary/aromatic N) is 2.